The normalized spacial score (nSPS) is 10.4. The first-order chi connectivity index (χ1) is 11.6. The Morgan fingerprint density at radius 2 is 1.62 bits per heavy atom. The third kappa shape index (κ3) is 3.05. The largest absolute Gasteiger partial charge is 0.366 e. The zero-order valence-corrected chi connectivity index (χ0v) is 13.2. The predicted octanol–water partition coefficient (Wildman–Crippen LogP) is 3.14. The number of amides is 2. The van der Waals surface area contributed by atoms with E-state index in [2.05, 4.69) is 5.32 Å². The number of rotatable bonds is 4. The van der Waals surface area contributed by atoms with Crippen molar-refractivity contribution in [3.05, 3.63) is 83.7 Å². The summed E-state index contributed by atoms with van der Waals surface area (Å²) in [4.78, 5) is 23.8. The molecule has 2 aromatic carbocycles. The number of benzene rings is 2. The Morgan fingerprint density at radius 3 is 2.25 bits per heavy atom. The zero-order valence-electron chi connectivity index (χ0n) is 13.2. The number of hydrogen-bond donors (Lipinski definition) is 2. The molecular formula is C19H17N3O2. The number of nitrogens with two attached hydrogens (primary N) is 1. The molecule has 0 fully saturated rings. The quantitative estimate of drug-likeness (QED) is 0.775. The van der Waals surface area contributed by atoms with Gasteiger partial charge in [0.05, 0.1) is 0 Å². The molecule has 3 N–H and O–H groups in total. The highest BCUT2D eigenvalue weighted by Gasteiger charge is 2.12. The summed E-state index contributed by atoms with van der Waals surface area (Å²) >= 11 is 0. The maximum Gasteiger partial charge on any atom is 0.255 e. The second-order valence-corrected chi connectivity index (χ2v) is 5.43. The molecule has 0 bridgehead atoms. The highest BCUT2D eigenvalue weighted by Crippen LogP contribution is 2.20. The second-order valence-electron chi connectivity index (χ2n) is 5.43. The third-order valence-corrected chi connectivity index (χ3v) is 3.88. The van der Waals surface area contributed by atoms with Crippen LogP contribution in [0.25, 0.3) is 5.69 Å². The minimum Gasteiger partial charge on any atom is -0.366 e. The van der Waals surface area contributed by atoms with Gasteiger partial charge in [0.1, 0.15) is 0 Å². The van der Waals surface area contributed by atoms with Crippen LogP contribution >= 0.6 is 0 Å². The van der Waals surface area contributed by atoms with Gasteiger partial charge in [-0.1, -0.05) is 6.07 Å². The lowest BCUT2D eigenvalue weighted by atomic mass is 10.1. The minimum atomic E-state index is -0.514. The summed E-state index contributed by atoms with van der Waals surface area (Å²) in [6.45, 7) is 1.75. The molecule has 120 valence electrons. The van der Waals surface area contributed by atoms with Crippen molar-refractivity contribution < 1.29 is 9.59 Å². The minimum absolute atomic E-state index is 0.237. The second kappa shape index (κ2) is 6.42. The van der Waals surface area contributed by atoms with Gasteiger partial charge in [-0.05, 0) is 61.0 Å². The number of nitrogens with zero attached hydrogens (tertiary/aromatic N) is 1. The van der Waals surface area contributed by atoms with Gasteiger partial charge in [0.15, 0.2) is 0 Å². The predicted molar refractivity (Wildman–Crippen MR) is 93.4 cm³/mol. The lowest BCUT2D eigenvalue weighted by Gasteiger charge is -2.11. The summed E-state index contributed by atoms with van der Waals surface area (Å²) in [5.41, 5.74) is 8.48. The lowest BCUT2D eigenvalue weighted by Crippen LogP contribution is -2.16. The Hall–Kier alpha value is -3.34. The zero-order chi connectivity index (χ0) is 17.1. The Balaban J connectivity index is 1.81. The number of primary amides is 1. The van der Waals surface area contributed by atoms with Gasteiger partial charge >= 0.3 is 0 Å². The van der Waals surface area contributed by atoms with Gasteiger partial charge in [-0.15, -0.1) is 0 Å². The number of nitrogens with one attached hydrogen (secondary N) is 1. The highest BCUT2D eigenvalue weighted by atomic mass is 16.2. The van der Waals surface area contributed by atoms with Crippen LogP contribution in [0.5, 0.6) is 0 Å². The summed E-state index contributed by atoms with van der Waals surface area (Å²) in [5.74, 6) is -0.751. The van der Waals surface area contributed by atoms with Crippen LogP contribution in [0.2, 0.25) is 0 Å². The van der Waals surface area contributed by atoms with Gasteiger partial charge in [-0.25, -0.2) is 0 Å². The Bertz CT molecular complexity index is 881. The fourth-order valence-corrected chi connectivity index (χ4v) is 2.52. The molecule has 24 heavy (non-hydrogen) atoms. The maximum absolute atomic E-state index is 12.4. The summed E-state index contributed by atoms with van der Waals surface area (Å²) in [6.07, 6.45) is 3.88. The molecule has 1 aromatic heterocycles. The summed E-state index contributed by atoms with van der Waals surface area (Å²) in [7, 11) is 0. The maximum atomic E-state index is 12.4. The van der Waals surface area contributed by atoms with Gasteiger partial charge in [0.2, 0.25) is 5.91 Å². The molecule has 5 heteroatoms. The molecule has 0 aliphatic heterocycles. The lowest BCUT2D eigenvalue weighted by molar-refractivity contribution is 0.0995. The van der Waals surface area contributed by atoms with Crippen LogP contribution in [-0.2, 0) is 0 Å². The van der Waals surface area contributed by atoms with E-state index in [1.165, 1.54) is 0 Å². The molecule has 0 saturated heterocycles. The van der Waals surface area contributed by atoms with Crippen LogP contribution in [0.3, 0.4) is 0 Å². The summed E-state index contributed by atoms with van der Waals surface area (Å²) < 4.78 is 1.96. The van der Waals surface area contributed by atoms with Crippen LogP contribution in [-0.4, -0.2) is 16.4 Å². The fraction of sp³-hybridized carbons (Fsp3) is 0.0526. The molecule has 0 atom stereocenters. The SMILES string of the molecule is Cc1c(NC(=O)c2ccc(-n3cccc3)cc2)cccc1C(N)=O. The van der Waals surface area contributed by atoms with Crippen molar-refractivity contribution in [1.82, 2.24) is 4.57 Å². The van der Waals surface area contributed by atoms with E-state index in [9.17, 15) is 9.59 Å². The molecular weight excluding hydrogens is 302 g/mol. The number of anilines is 1. The average Bonchev–Trinajstić information content (AvgIpc) is 3.11. The third-order valence-electron chi connectivity index (χ3n) is 3.88. The Morgan fingerprint density at radius 1 is 0.958 bits per heavy atom. The standard InChI is InChI=1S/C19H17N3O2/c1-13-16(18(20)23)5-4-6-17(13)21-19(24)14-7-9-15(10-8-14)22-11-2-3-12-22/h2-12H,1H3,(H2,20,23)(H,21,24). The number of carbonyl (C=O) groups is 2. The van der Waals surface area contributed by atoms with Crippen molar-refractivity contribution in [2.45, 2.75) is 6.92 Å². The Kier molecular flexibility index (Phi) is 4.16. The average molecular weight is 319 g/mol. The fourth-order valence-electron chi connectivity index (χ4n) is 2.52. The smallest absolute Gasteiger partial charge is 0.255 e. The van der Waals surface area contributed by atoms with E-state index in [4.69, 9.17) is 5.73 Å². The molecule has 1 heterocycles. The Labute approximate surface area is 139 Å². The van der Waals surface area contributed by atoms with E-state index in [0.717, 1.165) is 5.69 Å². The molecule has 2 amide bonds. The summed E-state index contributed by atoms with van der Waals surface area (Å²) in [6, 6.07) is 16.2. The molecule has 0 spiro atoms. The first kappa shape index (κ1) is 15.6. The van der Waals surface area contributed by atoms with Gasteiger partial charge in [0.25, 0.3) is 5.91 Å². The molecule has 0 radical (unpaired) electrons. The van der Waals surface area contributed by atoms with E-state index < -0.39 is 5.91 Å². The van der Waals surface area contributed by atoms with E-state index in [1.54, 1.807) is 37.3 Å². The van der Waals surface area contributed by atoms with E-state index in [0.29, 0.717) is 22.4 Å². The van der Waals surface area contributed by atoms with Crippen LogP contribution < -0.4 is 11.1 Å². The van der Waals surface area contributed by atoms with E-state index >= 15 is 0 Å². The van der Waals surface area contributed by atoms with Gasteiger partial charge in [-0.2, -0.15) is 0 Å². The van der Waals surface area contributed by atoms with Gasteiger partial charge < -0.3 is 15.6 Å². The molecule has 0 aliphatic rings. The van der Waals surface area contributed by atoms with E-state index in [1.807, 2.05) is 41.2 Å². The molecule has 3 aromatic rings. The first-order valence-corrected chi connectivity index (χ1v) is 7.50. The van der Waals surface area contributed by atoms with Gasteiger partial charge in [-0.3, -0.25) is 9.59 Å². The van der Waals surface area contributed by atoms with Crippen molar-refractivity contribution >= 4 is 17.5 Å². The van der Waals surface area contributed by atoms with Crippen molar-refractivity contribution in [3.8, 4) is 5.69 Å². The molecule has 3 rings (SSSR count). The monoisotopic (exact) mass is 319 g/mol. The number of aromatic nitrogens is 1. The highest BCUT2D eigenvalue weighted by molar-refractivity contribution is 6.06. The van der Waals surface area contributed by atoms with Crippen LogP contribution in [0.4, 0.5) is 5.69 Å². The number of hydrogen-bond acceptors (Lipinski definition) is 2. The van der Waals surface area contributed by atoms with Crippen molar-refractivity contribution in [2.24, 2.45) is 5.73 Å². The van der Waals surface area contributed by atoms with Crippen LogP contribution in [0.15, 0.2) is 67.0 Å². The van der Waals surface area contributed by atoms with Crippen LogP contribution in [0, 0.1) is 6.92 Å². The first-order valence-electron chi connectivity index (χ1n) is 7.50. The molecule has 0 unspecified atom stereocenters. The van der Waals surface area contributed by atoms with Crippen molar-refractivity contribution in [3.63, 3.8) is 0 Å². The van der Waals surface area contributed by atoms with E-state index in [-0.39, 0.29) is 5.91 Å². The summed E-state index contributed by atoms with van der Waals surface area (Å²) in [5, 5.41) is 2.82. The molecule has 0 saturated carbocycles. The van der Waals surface area contributed by atoms with Crippen LogP contribution in [0.1, 0.15) is 26.3 Å². The topological polar surface area (TPSA) is 77.1 Å². The molecule has 0 aliphatic carbocycles. The molecule has 5 nitrogen and oxygen atoms in total. The van der Waals surface area contributed by atoms with Crippen molar-refractivity contribution in [1.29, 1.82) is 0 Å². The van der Waals surface area contributed by atoms with Crippen molar-refractivity contribution in [2.75, 3.05) is 5.32 Å². The number of carbonyl (C=O) groups excluding carboxylic acids is 2. The van der Waals surface area contributed by atoms with Gasteiger partial charge in [0, 0.05) is 34.9 Å².